The molecular formula is C14H20BrNO. The summed E-state index contributed by atoms with van der Waals surface area (Å²) in [5, 5.41) is 3.53. The van der Waals surface area contributed by atoms with Gasteiger partial charge in [0.05, 0.1) is 6.61 Å². The normalized spacial score (nSPS) is 19.0. The Kier molecular flexibility index (Phi) is 4.10. The minimum atomic E-state index is 0.429. The van der Waals surface area contributed by atoms with Crippen LogP contribution in [-0.4, -0.2) is 13.2 Å². The number of hydrogen-bond acceptors (Lipinski definition) is 2. The van der Waals surface area contributed by atoms with E-state index in [0.29, 0.717) is 12.0 Å². The molecule has 0 aliphatic carbocycles. The summed E-state index contributed by atoms with van der Waals surface area (Å²) in [4.78, 5) is 0. The second-order valence-corrected chi connectivity index (χ2v) is 5.73. The van der Waals surface area contributed by atoms with Crippen LogP contribution in [0.25, 0.3) is 0 Å². The summed E-state index contributed by atoms with van der Waals surface area (Å²) in [6.45, 7) is 8.38. The molecule has 0 fully saturated rings. The molecule has 0 saturated heterocycles. The topological polar surface area (TPSA) is 21.3 Å². The van der Waals surface area contributed by atoms with Gasteiger partial charge in [0, 0.05) is 22.5 Å². The van der Waals surface area contributed by atoms with Crippen LogP contribution in [0.3, 0.4) is 0 Å². The molecule has 2 nitrogen and oxygen atoms in total. The van der Waals surface area contributed by atoms with Crippen molar-refractivity contribution in [3.63, 3.8) is 0 Å². The Bertz CT molecular complexity index is 403. The van der Waals surface area contributed by atoms with E-state index in [4.69, 9.17) is 4.74 Å². The fraction of sp³-hybridized carbons (Fsp3) is 0.571. The average molecular weight is 298 g/mol. The second kappa shape index (κ2) is 5.40. The number of fused-ring (bicyclic) bond motifs is 1. The first-order valence-corrected chi connectivity index (χ1v) is 7.12. The molecule has 0 bridgehead atoms. The third kappa shape index (κ3) is 2.66. The molecule has 1 aliphatic rings. The third-order valence-corrected chi connectivity index (χ3v) is 3.67. The van der Waals surface area contributed by atoms with Gasteiger partial charge in [0.15, 0.2) is 0 Å². The Morgan fingerprint density at radius 3 is 2.88 bits per heavy atom. The smallest absolute Gasteiger partial charge is 0.127 e. The zero-order valence-electron chi connectivity index (χ0n) is 10.7. The summed E-state index contributed by atoms with van der Waals surface area (Å²) in [6, 6.07) is 4.80. The molecule has 1 unspecified atom stereocenters. The molecule has 94 valence electrons. The largest absolute Gasteiger partial charge is 0.493 e. The number of ether oxygens (including phenoxy) is 1. The van der Waals surface area contributed by atoms with Crippen molar-refractivity contribution < 1.29 is 4.74 Å². The van der Waals surface area contributed by atoms with Crippen LogP contribution in [0, 0.1) is 0 Å². The highest BCUT2D eigenvalue weighted by atomic mass is 79.9. The first kappa shape index (κ1) is 12.9. The molecule has 1 aromatic rings. The SMILES string of the molecule is CCNC1CCOc2c(C(C)C)cc(Br)cc21. The monoisotopic (exact) mass is 297 g/mol. The van der Waals surface area contributed by atoms with Crippen LogP contribution in [0.4, 0.5) is 0 Å². The van der Waals surface area contributed by atoms with Gasteiger partial charge in [-0.15, -0.1) is 0 Å². The van der Waals surface area contributed by atoms with E-state index in [1.165, 1.54) is 11.1 Å². The molecule has 1 N–H and O–H groups in total. The average Bonchev–Trinajstić information content (AvgIpc) is 2.29. The van der Waals surface area contributed by atoms with Gasteiger partial charge in [0.25, 0.3) is 0 Å². The predicted octanol–water partition coefficient (Wildman–Crippen LogP) is 4.01. The van der Waals surface area contributed by atoms with Crippen LogP contribution in [0.2, 0.25) is 0 Å². The van der Waals surface area contributed by atoms with Gasteiger partial charge in [0.1, 0.15) is 5.75 Å². The second-order valence-electron chi connectivity index (χ2n) is 4.82. The lowest BCUT2D eigenvalue weighted by Crippen LogP contribution is -2.27. The van der Waals surface area contributed by atoms with Gasteiger partial charge < -0.3 is 10.1 Å². The number of halogens is 1. The Labute approximate surface area is 112 Å². The Morgan fingerprint density at radius 1 is 1.47 bits per heavy atom. The van der Waals surface area contributed by atoms with Crippen LogP contribution >= 0.6 is 15.9 Å². The van der Waals surface area contributed by atoms with E-state index in [9.17, 15) is 0 Å². The molecule has 17 heavy (non-hydrogen) atoms. The van der Waals surface area contributed by atoms with Crippen LogP contribution in [-0.2, 0) is 0 Å². The molecular weight excluding hydrogens is 278 g/mol. The summed E-state index contributed by atoms with van der Waals surface area (Å²) in [5.74, 6) is 1.59. The van der Waals surface area contributed by atoms with E-state index in [2.05, 4.69) is 54.2 Å². The van der Waals surface area contributed by atoms with Crippen molar-refractivity contribution in [1.82, 2.24) is 5.32 Å². The molecule has 0 aromatic heterocycles. The Hall–Kier alpha value is -0.540. The first-order valence-electron chi connectivity index (χ1n) is 6.33. The van der Waals surface area contributed by atoms with E-state index < -0.39 is 0 Å². The van der Waals surface area contributed by atoms with Gasteiger partial charge >= 0.3 is 0 Å². The van der Waals surface area contributed by atoms with Gasteiger partial charge in [-0.1, -0.05) is 36.7 Å². The van der Waals surface area contributed by atoms with Crippen LogP contribution in [0.15, 0.2) is 16.6 Å². The predicted molar refractivity (Wildman–Crippen MR) is 74.8 cm³/mol. The van der Waals surface area contributed by atoms with Gasteiger partial charge in [-0.25, -0.2) is 0 Å². The minimum absolute atomic E-state index is 0.429. The molecule has 1 heterocycles. The zero-order valence-corrected chi connectivity index (χ0v) is 12.3. The number of nitrogens with one attached hydrogen (secondary N) is 1. The fourth-order valence-electron chi connectivity index (χ4n) is 2.38. The number of rotatable bonds is 3. The first-order chi connectivity index (χ1) is 8.13. The van der Waals surface area contributed by atoms with Crippen molar-refractivity contribution in [2.24, 2.45) is 0 Å². The molecule has 1 atom stereocenters. The molecule has 1 aliphatic heterocycles. The summed E-state index contributed by atoms with van der Waals surface area (Å²) < 4.78 is 7.03. The molecule has 0 amide bonds. The van der Waals surface area contributed by atoms with Gasteiger partial charge in [-0.3, -0.25) is 0 Å². The lowest BCUT2D eigenvalue weighted by Gasteiger charge is -2.29. The van der Waals surface area contributed by atoms with E-state index in [1.54, 1.807) is 0 Å². The summed E-state index contributed by atoms with van der Waals surface area (Å²) in [7, 11) is 0. The van der Waals surface area contributed by atoms with Crippen molar-refractivity contribution in [1.29, 1.82) is 0 Å². The minimum Gasteiger partial charge on any atom is -0.493 e. The highest BCUT2D eigenvalue weighted by Gasteiger charge is 2.24. The van der Waals surface area contributed by atoms with Gasteiger partial charge in [0.2, 0.25) is 0 Å². The van der Waals surface area contributed by atoms with Gasteiger partial charge in [-0.05, 0) is 30.2 Å². The van der Waals surface area contributed by atoms with Crippen molar-refractivity contribution in [2.75, 3.05) is 13.2 Å². The Balaban J connectivity index is 2.46. The van der Waals surface area contributed by atoms with Crippen LogP contribution in [0.5, 0.6) is 5.75 Å². The lowest BCUT2D eigenvalue weighted by atomic mass is 9.93. The highest BCUT2D eigenvalue weighted by molar-refractivity contribution is 9.10. The van der Waals surface area contributed by atoms with Crippen LogP contribution < -0.4 is 10.1 Å². The van der Waals surface area contributed by atoms with E-state index in [1.807, 2.05) is 0 Å². The highest BCUT2D eigenvalue weighted by Crippen LogP contribution is 2.40. The molecule has 2 rings (SSSR count). The number of benzene rings is 1. The van der Waals surface area contributed by atoms with Crippen molar-refractivity contribution in [3.8, 4) is 5.75 Å². The van der Waals surface area contributed by atoms with Gasteiger partial charge in [-0.2, -0.15) is 0 Å². The lowest BCUT2D eigenvalue weighted by molar-refractivity contribution is 0.250. The molecule has 0 radical (unpaired) electrons. The quantitative estimate of drug-likeness (QED) is 0.910. The zero-order chi connectivity index (χ0) is 12.4. The molecule has 3 heteroatoms. The molecule has 1 aromatic carbocycles. The fourth-order valence-corrected chi connectivity index (χ4v) is 2.88. The molecule has 0 spiro atoms. The van der Waals surface area contributed by atoms with E-state index >= 15 is 0 Å². The third-order valence-electron chi connectivity index (χ3n) is 3.21. The maximum Gasteiger partial charge on any atom is 0.127 e. The van der Waals surface area contributed by atoms with E-state index in [-0.39, 0.29) is 0 Å². The Morgan fingerprint density at radius 2 is 2.24 bits per heavy atom. The number of hydrogen-bond donors (Lipinski definition) is 1. The maximum absolute atomic E-state index is 5.89. The molecule has 0 saturated carbocycles. The van der Waals surface area contributed by atoms with Crippen molar-refractivity contribution in [3.05, 3.63) is 27.7 Å². The maximum atomic E-state index is 5.89. The summed E-state index contributed by atoms with van der Waals surface area (Å²) in [5.41, 5.74) is 2.60. The van der Waals surface area contributed by atoms with Crippen LogP contribution in [0.1, 0.15) is 50.3 Å². The van der Waals surface area contributed by atoms with Crippen molar-refractivity contribution in [2.45, 2.75) is 39.2 Å². The standard InChI is InChI=1S/C14H20BrNO/c1-4-16-13-5-6-17-14-11(9(2)3)7-10(15)8-12(13)14/h7-9,13,16H,4-6H2,1-3H3. The summed E-state index contributed by atoms with van der Waals surface area (Å²) >= 11 is 3.60. The van der Waals surface area contributed by atoms with E-state index in [0.717, 1.165) is 29.8 Å². The summed E-state index contributed by atoms with van der Waals surface area (Å²) in [6.07, 6.45) is 1.05. The van der Waals surface area contributed by atoms with Crippen molar-refractivity contribution >= 4 is 15.9 Å².